The predicted molar refractivity (Wildman–Crippen MR) is 285 cm³/mol. The van der Waals surface area contributed by atoms with Crippen LogP contribution in [0.2, 0.25) is 18.1 Å². The van der Waals surface area contributed by atoms with Crippen LogP contribution in [0.25, 0.3) is 6.08 Å². The van der Waals surface area contributed by atoms with E-state index in [1.54, 1.807) is 35.2 Å². The zero-order valence-electron chi connectivity index (χ0n) is 46.6. The van der Waals surface area contributed by atoms with Gasteiger partial charge in [-0.15, -0.1) is 0 Å². The van der Waals surface area contributed by atoms with E-state index in [0.29, 0.717) is 50.7 Å². The van der Waals surface area contributed by atoms with Gasteiger partial charge in [-0.05, 0) is 131 Å². The number of aliphatic hydroxyl groups excluding tert-OH is 1. The van der Waals surface area contributed by atoms with Crippen molar-refractivity contribution < 1.29 is 62.2 Å². The molecule has 3 aliphatic heterocycles. The van der Waals surface area contributed by atoms with Gasteiger partial charge in [0.15, 0.2) is 0 Å². The van der Waals surface area contributed by atoms with Crippen molar-refractivity contribution in [2.45, 2.75) is 206 Å². The van der Waals surface area contributed by atoms with E-state index in [9.17, 15) is 29.4 Å². The normalized spacial score (nSPS) is 35.2. The fraction of sp³-hybridized carbons (Fsp3) is 0.724. The van der Waals surface area contributed by atoms with Crippen LogP contribution in [0.5, 0.6) is 5.75 Å². The highest BCUT2D eigenvalue weighted by Gasteiger charge is 2.57. The van der Waals surface area contributed by atoms with E-state index in [1.165, 1.54) is 4.90 Å². The molecule has 2 N–H and O–H groups in total. The van der Waals surface area contributed by atoms with Gasteiger partial charge in [-0.2, -0.15) is 0 Å². The second kappa shape index (κ2) is 26.5. The van der Waals surface area contributed by atoms with Gasteiger partial charge >= 0.3 is 5.97 Å². The summed E-state index contributed by atoms with van der Waals surface area (Å²) in [6, 6.07) is 7.00. The van der Waals surface area contributed by atoms with Gasteiger partial charge in [-0.3, -0.25) is 14.4 Å². The summed E-state index contributed by atoms with van der Waals surface area (Å²) in [6.45, 7) is 23.0. The van der Waals surface area contributed by atoms with Crippen LogP contribution in [-0.2, 0) is 47.6 Å². The van der Waals surface area contributed by atoms with Gasteiger partial charge in [0.05, 0.1) is 37.1 Å². The molecule has 1 aromatic carbocycles. The molecule has 1 amide bonds. The van der Waals surface area contributed by atoms with Gasteiger partial charge in [0.1, 0.15) is 29.8 Å². The van der Waals surface area contributed by atoms with Crippen LogP contribution >= 0.6 is 0 Å². The van der Waals surface area contributed by atoms with E-state index in [0.717, 1.165) is 29.7 Å². The topological polar surface area (TPSA) is 177 Å². The maximum Gasteiger partial charge on any atom is 0.329 e. The molecule has 15 heteroatoms. The Morgan fingerprint density at radius 3 is 2.18 bits per heavy atom. The Morgan fingerprint density at radius 1 is 0.890 bits per heavy atom. The molecule has 2 saturated heterocycles. The van der Waals surface area contributed by atoms with Crippen molar-refractivity contribution in [1.82, 2.24) is 4.90 Å². The number of methoxy groups -OCH3 is 3. The number of piperidine rings is 1. The number of Topliss-reactive ketones (excluding diaryl/α,β-unsaturated/α-hetero) is 2. The lowest BCUT2D eigenvalue weighted by molar-refractivity contribution is -0.302. The van der Waals surface area contributed by atoms with E-state index in [-0.39, 0.29) is 60.7 Å². The minimum atomic E-state index is -2.51. The number of allylic oxidation sites excluding steroid dienone is 3. The van der Waals surface area contributed by atoms with E-state index in [2.05, 4.69) is 59.0 Å². The molecule has 1 aliphatic carbocycles. The number of fused-ring (bicyclic) bond motifs is 3. The van der Waals surface area contributed by atoms with E-state index >= 15 is 0 Å². The second-order valence-corrected chi connectivity index (χ2v) is 28.0. The van der Waals surface area contributed by atoms with Gasteiger partial charge < -0.3 is 48.0 Å². The van der Waals surface area contributed by atoms with Gasteiger partial charge in [0.2, 0.25) is 14.1 Å². The molecular weight excluding hydrogens is 947 g/mol. The summed E-state index contributed by atoms with van der Waals surface area (Å²) in [7, 11) is 2.83. The third kappa shape index (κ3) is 15.3. The summed E-state index contributed by atoms with van der Waals surface area (Å²) in [5.41, 5.74) is 2.74. The Labute approximate surface area is 438 Å². The molecule has 5 rings (SSSR count). The van der Waals surface area contributed by atoms with Crippen molar-refractivity contribution in [3.63, 3.8) is 0 Å². The van der Waals surface area contributed by atoms with Crippen LogP contribution in [0.15, 0.2) is 53.6 Å². The second-order valence-electron chi connectivity index (χ2n) is 23.3. The first kappa shape index (κ1) is 60.3. The largest absolute Gasteiger partial charge is 0.544 e. The highest BCUT2D eigenvalue weighted by Crippen LogP contribution is 2.40. The number of benzene rings is 1. The molecule has 3 fully saturated rings. The summed E-state index contributed by atoms with van der Waals surface area (Å²) in [5.74, 6) is -6.62. The first-order chi connectivity index (χ1) is 34.4. The summed E-state index contributed by atoms with van der Waals surface area (Å²) in [5, 5.41) is 24.2. The van der Waals surface area contributed by atoms with Crippen molar-refractivity contribution in [2.75, 3.05) is 34.5 Å². The number of carbonyl (C=O) groups excluding carboxylic acids is 4. The third-order valence-electron chi connectivity index (χ3n) is 16.6. The number of ether oxygens (including phenoxy) is 6. The van der Waals surface area contributed by atoms with Crippen molar-refractivity contribution in [1.29, 1.82) is 0 Å². The number of hydrogen-bond acceptors (Lipinski definition) is 13. The molecule has 14 atom stereocenters. The predicted octanol–water partition coefficient (Wildman–Crippen LogP) is 9.59. The van der Waals surface area contributed by atoms with Crippen LogP contribution in [0.1, 0.15) is 139 Å². The fourth-order valence-electron chi connectivity index (χ4n) is 11.0. The number of hydrogen-bond donors (Lipinski definition) is 2. The van der Waals surface area contributed by atoms with Crippen LogP contribution < -0.4 is 4.43 Å². The van der Waals surface area contributed by atoms with Crippen LogP contribution in [0, 0.1) is 29.6 Å². The first-order valence-corrected chi connectivity index (χ1v) is 30.0. The highest BCUT2D eigenvalue weighted by atomic mass is 28.4. The highest BCUT2D eigenvalue weighted by molar-refractivity contribution is 6.74. The number of ketones is 2. The Morgan fingerprint density at radius 2 is 1.55 bits per heavy atom. The van der Waals surface area contributed by atoms with Crippen molar-refractivity contribution in [2.24, 2.45) is 29.6 Å². The molecule has 410 valence electrons. The summed E-state index contributed by atoms with van der Waals surface area (Å²) in [4.78, 5) is 58.7. The lowest BCUT2D eigenvalue weighted by atomic mass is 9.81. The van der Waals surface area contributed by atoms with Gasteiger partial charge in [0.25, 0.3) is 11.7 Å². The lowest BCUT2D eigenvalue weighted by Gasteiger charge is -2.47. The molecular formula is C58H91NO13Si. The van der Waals surface area contributed by atoms with E-state index in [1.807, 2.05) is 51.1 Å². The molecule has 1 saturated carbocycles. The quantitative estimate of drug-likeness (QED) is 0.0877. The number of esters is 1. The smallest absolute Gasteiger partial charge is 0.329 e. The Bertz CT molecular complexity index is 2100. The number of aliphatic hydroxyl groups is 2. The molecule has 73 heavy (non-hydrogen) atoms. The summed E-state index contributed by atoms with van der Waals surface area (Å²) >= 11 is 0. The first-order valence-electron chi connectivity index (χ1n) is 27.1. The van der Waals surface area contributed by atoms with Gasteiger partial charge in [0, 0.05) is 52.0 Å². The molecule has 0 aromatic heterocycles. The third-order valence-corrected chi connectivity index (χ3v) is 21.0. The summed E-state index contributed by atoms with van der Waals surface area (Å²) < 4.78 is 43.4. The Hall–Kier alpha value is -3.54. The van der Waals surface area contributed by atoms with Crippen molar-refractivity contribution in [3.05, 3.63) is 59.2 Å². The summed E-state index contributed by atoms with van der Waals surface area (Å²) in [6.07, 6.45) is 8.75. The number of cyclic esters (lactones) is 1. The SMILES string of the molecule is CCC1/C=C(\C)CC(C)CC(OC)C2OC(O)(C(=O)C(=O)N3CCCCC3C(=O)OC(C(C)=CC3CCC(OCC=Cc4ccc(O[Si](C)(C)C(C)(C)C)cc4)C(OC)C3)C(C)C(O)CC1=O)C(C)CC2OC. The van der Waals surface area contributed by atoms with Crippen LogP contribution in [0.3, 0.4) is 0 Å². The molecule has 3 heterocycles. The molecule has 2 bridgehead atoms. The minimum absolute atomic E-state index is 0.0186. The number of rotatable bonds is 12. The van der Waals surface area contributed by atoms with Crippen molar-refractivity contribution >= 4 is 37.8 Å². The standard InChI is InChI=1S/C58H91NO13Si/c1-15-43-30-36(2)29-37(3)31-50(67-11)53-51(68-12)33-39(5)58(65,71-53)54(62)55(63)59-27-17-16-20-45(59)56(64)70-52(40(6)46(60)35-47(43)61)38(4)32-42-23-26-48(49(34-42)66-10)69-28-18-19-41-21-24-44(25-22-41)72-73(13,14)57(7,8)9/h18-19,21-22,24-25,30,32,37,39-40,42-43,45-46,48-53,60,65H,15-17,20,23,26-29,31,33-35H2,1-14H3/b19-18?,36-30+,38-32?. The maximum absolute atomic E-state index is 14.6. The number of amides is 1. The molecule has 1 aromatic rings. The molecule has 14 nitrogen and oxygen atoms in total. The zero-order valence-corrected chi connectivity index (χ0v) is 47.6. The average Bonchev–Trinajstić information content (AvgIpc) is 3.35. The Kier molecular flexibility index (Phi) is 21.9. The lowest BCUT2D eigenvalue weighted by Crippen LogP contribution is -2.64. The monoisotopic (exact) mass is 1040 g/mol. The maximum atomic E-state index is 14.6. The van der Waals surface area contributed by atoms with E-state index < -0.39 is 86.1 Å². The fourth-order valence-corrected chi connectivity index (χ4v) is 12.1. The van der Waals surface area contributed by atoms with Crippen molar-refractivity contribution in [3.8, 4) is 5.75 Å². The van der Waals surface area contributed by atoms with Gasteiger partial charge in [-0.1, -0.05) is 90.5 Å². The van der Waals surface area contributed by atoms with Gasteiger partial charge in [-0.25, -0.2) is 4.79 Å². The van der Waals surface area contributed by atoms with Crippen LogP contribution in [-0.4, -0.2) is 136 Å². The van der Waals surface area contributed by atoms with Crippen LogP contribution in [0.4, 0.5) is 0 Å². The van der Waals surface area contributed by atoms with E-state index in [4.69, 9.17) is 32.8 Å². The molecule has 0 radical (unpaired) electrons. The zero-order chi connectivity index (χ0) is 54.0. The molecule has 4 aliphatic rings. The average molecular weight is 1040 g/mol. The number of carbonyl (C=O) groups is 4. The Balaban J connectivity index is 1.38. The molecule has 0 spiro atoms. The minimum Gasteiger partial charge on any atom is -0.544 e. The molecule has 14 unspecified atom stereocenters. The number of nitrogens with zero attached hydrogens (tertiary/aromatic N) is 1.